The number of nitrogens with one attached hydrogen (secondary N) is 1. The monoisotopic (exact) mass is 509 g/mol. The molecule has 0 saturated heterocycles. The van der Waals surface area contributed by atoms with Crippen molar-refractivity contribution in [3.8, 4) is 5.75 Å². The van der Waals surface area contributed by atoms with Gasteiger partial charge >= 0.3 is 6.36 Å². The maximum atomic E-state index is 12.4. The Hall–Kier alpha value is -2.22. The molecule has 1 saturated carbocycles. The van der Waals surface area contributed by atoms with Gasteiger partial charge in [-0.1, -0.05) is 36.7 Å². The number of benzene rings is 2. The van der Waals surface area contributed by atoms with Crippen LogP contribution in [0, 0.1) is 17.3 Å². The molecule has 1 aromatic heterocycles. The zero-order chi connectivity index (χ0) is 23.1. The molecule has 32 heavy (non-hydrogen) atoms. The zero-order valence-corrected chi connectivity index (χ0v) is 19.9. The Morgan fingerprint density at radius 1 is 1.16 bits per heavy atom. The van der Waals surface area contributed by atoms with Gasteiger partial charge in [0.2, 0.25) is 5.95 Å². The number of imidazole rings is 1. The molecule has 0 radical (unpaired) electrons. The van der Waals surface area contributed by atoms with Crippen molar-refractivity contribution in [1.82, 2.24) is 9.55 Å². The molecule has 3 aromatic rings. The van der Waals surface area contributed by atoms with Gasteiger partial charge < -0.3 is 14.6 Å². The minimum absolute atomic E-state index is 0.251. The lowest BCUT2D eigenvalue weighted by Crippen LogP contribution is -2.30. The van der Waals surface area contributed by atoms with E-state index in [9.17, 15) is 13.2 Å². The first-order valence-corrected chi connectivity index (χ1v) is 11.6. The number of hydrogen-bond donors (Lipinski definition) is 1. The lowest BCUT2D eigenvalue weighted by atomic mass is 9.68. The van der Waals surface area contributed by atoms with Crippen LogP contribution in [0.25, 0.3) is 11.0 Å². The molecule has 4 rings (SSSR count). The third-order valence-corrected chi connectivity index (χ3v) is 6.47. The highest BCUT2D eigenvalue weighted by atomic mass is 79.9. The number of halogens is 4. The summed E-state index contributed by atoms with van der Waals surface area (Å²) < 4.78 is 44.4. The molecule has 0 amide bonds. The number of ether oxygens (including phenoxy) is 1. The second-order valence-electron chi connectivity index (χ2n) is 9.66. The van der Waals surface area contributed by atoms with Gasteiger partial charge in [0.05, 0.1) is 11.0 Å². The molecule has 1 N–H and O–H groups in total. The fourth-order valence-electron chi connectivity index (χ4n) is 5.19. The van der Waals surface area contributed by atoms with E-state index in [-0.39, 0.29) is 5.75 Å². The van der Waals surface area contributed by atoms with E-state index in [4.69, 9.17) is 4.98 Å². The minimum Gasteiger partial charge on any atom is -0.406 e. The van der Waals surface area contributed by atoms with Gasteiger partial charge in [0.15, 0.2) is 0 Å². The van der Waals surface area contributed by atoms with Crippen LogP contribution >= 0.6 is 15.9 Å². The summed E-state index contributed by atoms with van der Waals surface area (Å²) in [6.45, 7) is 7.83. The molecular weight excluding hydrogens is 483 g/mol. The normalized spacial score (nSPS) is 21.0. The highest BCUT2D eigenvalue weighted by molar-refractivity contribution is 9.10. The van der Waals surface area contributed by atoms with Crippen LogP contribution in [0.1, 0.15) is 40.0 Å². The maximum absolute atomic E-state index is 12.4. The Kier molecular flexibility index (Phi) is 6.18. The number of anilines is 2. The van der Waals surface area contributed by atoms with E-state index in [1.165, 1.54) is 25.0 Å². The molecule has 0 spiro atoms. The summed E-state index contributed by atoms with van der Waals surface area (Å²) in [7, 11) is 0. The lowest BCUT2D eigenvalue weighted by Gasteiger charge is -2.39. The smallest absolute Gasteiger partial charge is 0.406 e. The van der Waals surface area contributed by atoms with Gasteiger partial charge in [-0.15, -0.1) is 13.2 Å². The molecule has 2 aromatic carbocycles. The first-order valence-electron chi connectivity index (χ1n) is 10.8. The van der Waals surface area contributed by atoms with Gasteiger partial charge in [0.1, 0.15) is 5.75 Å². The van der Waals surface area contributed by atoms with Gasteiger partial charge in [-0.05, 0) is 79.0 Å². The second kappa shape index (κ2) is 8.61. The molecule has 1 heterocycles. The molecule has 0 bridgehead atoms. The van der Waals surface area contributed by atoms with E-state index in [0.29, 0.717) is 28.9 Å². The number of fused-ring (bicyclic) bond motifs is 1. The van der Waals surface area contributed by atoms with Gasteiger partial charge in [0.25, 0.3) is 0 Å². The van der Waals surface area contributed by atoms with Crippen molar-refractivity contribution in [2.75, 3.05) is 5.32 Å². The van der Waals surface area contributed by atoms with E-state index < -0.39 is 6.36 Å². The standard InChI is InChI=1S/C24H27BrF3N3O/c1-15-10-16(13-23(2,3)12-15)14-31-21-9-4-17(25)11-20(21)30-22(31)29-18-5-7-19(8-6-18)32-24(26,27)28/h4-9,11,15-16H,10,12-14H2,1-3H3,(H,29,30)/t15-,16?/m0/s1. The summed E-state index contributed by atoms with van der Waals surface area (Å²) >= 11 is 3.51. The summed E-state index contributed by atoms with van der Waals surface area (Å²) in [6, 6.07) is 11.7. The first-order chi connectivity index (χ1) is 15.0. The topological polar surface area (TPSA) is 39.1 Å². The fourth-order valence-corrected chi connectivity index (χ4v) is 5.54. The molecule has 1 unspecified atom stereocenters. The van der Waals surface area contributed by atoms with Crippen LogP contribution in [-0.4, -0.2) is 15.9 Å². The predicted octanol–water partition coefficient (Wildman–Crippen LogP) is 7.90. The minimum atomic E-state index is -4.71. The summed E-state index contributed by atoms with van der Waals surface area (Å²) in [5.41, 5.74) is 2.85. The Balaban J connectivity index is 1.62. The quantitative estimate of drug-likeness (QED) is 0.379. The SMILES string of the molecule is C[C@H]1CC(Cn2c(Nc3ccc(OC(F)(F)F)cc3)nc3cc(Br)ccc32)CC(C)(C)C1. The predicted molar refractivity (Wildman–Crippen MR) is 124 cm³/mol. The van der Waals surface area contributed by atoms with Crippen LogP contribution < -0.4 is 10.1 Å². The Bertz CT molecular complexity index is 1090. The number of alkyl halides is 3. The molecule has 4 nitrogen and oxygen atoms in total. The Morgan fingerprint density at radius 3 is 2.53 bits per heavy atom. The Morgan fingerprint density at radius 2 is 1.88 bits per heavy atom. The number of nitrogens with zero attached hydrogens (tertiary/aromatic N) is 2. The van der Waals surface area contributed by atoms with Crippen molar-refractivity contribution >= 4 is 38.6 Å². The van der Waals surface area contributed by atoms with Crippen molar-refractivity contribution in [3.05, 3.63) is 46.9 Å². The third kappa shape index (κ3) is 5.57. The average Bonchev–Trinajstić information content (AvgIpc) is 2.96. The van der Waals surface area contributed by atoms with Crippen LogP contribution in [0.2, 0.25) is 0 Å². The van der Waals surface area contributed by atoms with Gasteiger partial charge in [-0.25, -0.2) is 4.98 Å². The lowest BCUT2D eigenvalue weighted by molar-refractivity contribution is -0.274. The molecule has 172 valence electrons. The molecule has 1 aliphatic rings. The fraction of sp³-hybridized carbons (Fsp3) is 0.458. The number of rotatable bonds is 5. The second-order valence-corrected chi connectivity index (χ2v) is 10.6. The summed E-state index contributed by atoms with van der Waals surface area (Å²) in [5.74, 6) is 1.63. The van der Waals surface area contributed by atoms with Crippen LogP contribution in [0.5, 0.6) is 5.75 Å². The van der Waals surface area contributed by atoms with Crippen LogP contribution in [-0.2, 0) is 6.54 Å². The highest BCUT2D eigenvalue weighted by Gasteiger charge is 2.33. The van der Waals surface area contributed by atoms with Gasteiger partial charge in [-0.2, -0.15) is 0 Å². The maximum Gasteiger partial charge on any atom is 0.573 e. The molecule has 0 aliphatic heterocycles. The molecule has 1 aliphatic carbocycles. The van der Waals surface area contributed by atoms with Gasteiger partial charge in [-0.3, -0.25) is 0 Å². The summed E-state index contributed by atoms with van der Waals surface area (Å²) in [5, 5.41) is 3.29. The van der Waals surface area contributed by atoms with Crippen molar-refractivity contribution in [2.24, 2.45) is 17.3 Å². The van der Waals surface area contributed by atoms with E-state index in [0.717, 1.165) is 28.5 Å². The molecule has 8 heteroatoms. The first kappa shape index (κ1) is 23.0. The average molecular weight is 510 g/mol. The number of aromatic nitrogens is 2. The number of hydrogen-bond acceptors (Lipinski definition) is 3. The van der Waals surface area contributed by atoms with E-state index in [1.54, 1.807) is 12.1 Å². The van der Waals surface area contributed by atoms with Crippen molar-refractivity contribution < 1.29 is 17.9 Å². The van der Waals surface area contributed by atoms with Crippen LogP contribution in [0.15, 0.2) is 46.9 Å². The van der Waals surface area contributed by atoms with Crippen molar-refractivity contribution in [1.29, 1.82) is 0 Å². The molecule has 2 atom stereocenters. The van der Waals surface area contributed by atoms with E-state index in [1.807, 2.05) is 12.1 Å². The van der Waals surface area contributed by atoms with Crippen molar-refractivity contribution in [3.63, 3.8) is 0 Å². The van der Waals surface area contributed by atoms with Gasteiger partial charge in [0, 0.05) is 16.7 Å². The van der Waals surface area contributed by atoms with Crippen molar-refractivity contribution in [2.45, 2.75) is 52.9 Å². The van der Waals surface area contributed by atoms with Crippen LogP contribution in [0.4, 0.5) is 24.8 Å². The molecular formula is C24H27BrF3N3O. The third-order valence-electron chi connectivity index (χ3n) is 5.97. The van der Waals surface area contributed by atoms with E-state index >= 15 is 0 Å². The summed E-state index contributed by atoms with van der Waals surface area (Å²) in [4.78, 5) is 4.78. The highest BCUT2D eigenvalue weighted by Crippen LogP contribution is 2.43. The van der Waals surface area contributed by atoms with Crippen LogP contribution in [0.3, 0.4) is 0 Å². The Labute approximate surface area is 194 Å². The largest absolute Gasteiger partial charge is 0.573 e. The van der Waals surface area contributed by atoms with E-state index in [2.05, 4.69) is 57.4 Å². The zero-order valence-electron chi connectivity index (χ0n) is 18.3. The molecule has 1 fully saturated rings. The summed E-state index contributed by atoms with van der Waals surface area (Å²) in [6.07, 6.45) is -1.15.